The van der Waals surface area contributed by atoms with Crippen LogP contribution in [0.5, 0.6) is 11.5 Å². The summed E-state index contributed by atoms with van der Waals surface area (Å²) in [6.45, 7) is 4.24. The maximum Gasteiger partial charge on any atom is 0.172 e. The first-order valence-corrected chi connectivity index (χ1v) is 11.9. The van der Waals surface area contributed by atoms with Gasteiger partial charge in [-0.05, 0) is 69.0 Å². The Bertz CT molecular complexity index is 1080. The third-order valence-electron chi connectivity index (χ3n) is 6.09. The molecule has 178 valence electrons. The number of halogens is 3. The quantitative estimate of drug-likeness (QED) is 0.416. The summed E-state index contributed by atoms with van der Waals surface area (Å²) in [5, 5.41) is 9.97. The molecule has 1 aliphatic rings. The smallest absolute Gasteiger partial charge is 0.172 e. The number of hydrogen-bond donors (Lipinski definition) is 1. The summed E-state index contributed by atoms with van der Waals surface area (Å²) >= 11 is 3.35. The maximum atomic E-state index is 13.5. The standard InChI is InChI=1S/C27H27BrF2N2O2/c1-34-25-18-19(17-24(28)27(25)33)3-2-12-31-13-15-32(16-14-31)26(20-4-8-22(29)9-5-20)21-6-10-23(30)11-7-21/h2-11,17-18,26,33H,12-16H2,1H3. The number of hydrogen-bond acceptors (Lipinski definition) is 4. The molecule has 0 spiro atoms. The molecular formula is C27H27BrF2N2O2. The summed E-state index contributed by atoms with van der Waals surface area (Å²) in [6, 6.07) is 16.7. The van der Waals surface area contributed by atoms with Crippen molar-refractivity contribution in [3.8, 4) is 11.5 Å². The van der Waals surface area contributed by atoms with Gasteiger partial charge in [-0.25, -0.2) is 8.78 Å². The average molecular weight is 529 g/mol. The number of ether oxygens (including phenoxy) is 1. The van der Waals surface area contributed by atoms with E-state index in [1.54, 1.807) is 6.07 Å². The number of phenolic OH excluding ortho intramolecular Hbond substituents is 1. The number of nitrogens with zero attached hydrogens (tertiary/aromatic N) is 2. The van der Waals surface area contributed by atoms with Crippen LogP contribution in [0.15, 0.2) is 71.2 Å². The Morgan fingerprint density at radius 1 is 0.941 bits per heavy atom. The summed E-state index contributed by atoms with van der Waals surface area (Å²) in [5.41, 5.74) is 2.93. The highest BCUT2D eigenvalue weighted by molar-refractivity contribution is 9.10. The molecule has 7 heteroatoms. The average Bonchev–Trinajstić information content (AvgIpc) is 2.84. The molecule has 3 aromatic rings. The van der Waals surface area contributed by atoms with Crippen LogP contribution in [0.25, 0.3) is 6.08 Å². The zero-order valence-corrected chi connectivity index (χ0v) is 20.5. The van der Waals surface area contributed by atoms with Gasteiger partial charge in [-0.2, -0.15) is 0 Å². The number of piperazine rings is 1. The van der Waals surface area contributed by atoms with Crippen molar-refractivity contribution in [3.05, 3.63) is 99.5 Å². The van der Waals surface area contributed by atoms with Crippen molar-refractivity contribution in [1.82, 2.24) is 9.80 Å². The van der Waals surface area contributed by atoms with Gasteiger partial charge in [0.25, 0.3) is 0 Å². The Morgan fingerprint density at radius 3 is 2.03 bits per heavy atom. The van der Waals surface area contributed by atoms with Crippen LogP contribution >= 0.6 is 15.9 Å². The van der Waals surface area contributed by atoms with Crippen LogP contribution in [0.2, 0.25) is 0 Å². The van der Waals surface area contributed by atoms with Gasteiger partial charge in [-0.1, -0.05) is 36.4 Å². The van der Waals surface area contributed by atoms with Gasteiger partial charge in [0.05, 0.1) is 17.6 Å². The van der Waals surface area contributed by atoms with Gasteiger partial charge in [0.2, 0.25) is 0 Å². The fourth-order valence-electron chi connectivity index (χ4n) is 4.29. The van der Waals surface area contributed by atoms with Gasteiger partial charge in [0.15, 0.2) is 11.5 Å². The van der Waals surface area contributed by atoms with Gasteiger partial charge < -0.3 is 9.84 Å². The Morgan fingerprint density at radius 2 is 1.50 bits per heavy atom. The molecule has 0 aromatic heterocycles. The Labute approximate surface area is 207 Å². The van der Waals surface area contributed by atoms with Crippen LogP contribution in [0.1, 0.15) is 22.7 Å². The molecule has 4 nitrogen and oxygen atoms in total. The third-order valence-corrected chi connectivity index (χ3v) is 6.69. The van der Waals surface area contributed by atoms with E-state index in [-0.39, 0.29) is 23.4 Å². The molecule has 0 radical (unpaired) electrons. The van der Waals surface area contributed by atoms with E-state index in [9.17, 15) is 13.9 Å². The van der Waals surface area contributed by atoms with Crippen molar-refractivity contribution in [2.75, 3.05) is 39.8 Å². The van der Waals surface area contributed by atoms with E-state index < -0.39 is 0 Å². The lowest BCUT2D eigenvalue weighted by molar-refractivity contribution is 0.118. The zero-order valence-electron chi connectivity index (χ0n) is 18.9. The molecular weight excluding hydrogens is 502 g/mol. The molecule has 0 unspecified atom stereocenters. The Balaban J connectivity index is 1.42. The third kappa shape index (κ3) is 5.84. The predicted octanol–water partition coefficient (Wildman–Crippen LogP) is 5.86. The van der Waals surface area contributed by atoms with E-state index in [2.05, 4.69) is 31.8 Å². The van der Waals surface area contributed by atoms with Crippen molar-refractivity contribution in [2.45, 2.75) is 6.04 Å². The van der Waals surface area contributed by atoms with Crippen LogP contribution in [0, 0.1) is 11.6 Å². The summed E-state index contributed by atoms with van der Waals surface area (Å²) < 4.78 is 32.9. The summed E-state index contributed by atoms with van der Waals surface area (Å²) in [7, 11) is 1.53. The topological polar surface area (TPSA) is 35.9 Å². The van der Waals surface area contributed by atoms with Crippen molar-refractivity contribution in [1.29, 1.82) is 0 Å². The van der Waals surface area contributed by atoms with E-state index in [1.165, 1.54) is 31.4 Å². The van der Waals surface area contributed by atoms with Crippen LogP contribution in [-0.4, -0.2) is 54.7 Å². The molecule has 34 heavy (non-hydrogen) atoms. The first kappa shape index (κ1) is 24.4. The molecule has 0 atom stereocenters. The summed E-state index contributed by atoms with van der Waals surface area (Å²) in [6.07, 6.45) is 4.12. The lowest BCUT2D eigenvalue weighted by Crippen LogP contribution is -2.47. The minimum atomic E-state index is -0.267. The molecule has 1 N–H and O–H groups in total. The second-order valence-electron chi connectivity index (χ2n) is 8.30. The lowest BCUT2D eigenvalue weighted by atomic mass is 9.96. The largest absolute Gasteiger partial charge is 0.503 e. The van der Waals surface area contributed by atoms with Gasteiger partial charge in [-0.15, -0.1) is 0 Å². The molecule has 3 aromatic carbocycles. The van der Waals surface area contributed by atoms with Crippen LogP contribution in [0.4, 0.5) is 8.78 Å². The molecule has 1 fully saturated rings. The van der Waals surface area contributed by atoms with E-state index in [1.807, 2.05) is 36.4 Å². The van der Waals surface area contributed by atoms with Crippen LogP contribution in [-0.2, 0) is 0 Å². The van der Waals surface area contributed by atoms with E-state index in [0.717, 1.165) is 49.4 Å². The fraction of sp³-hybridized carbons (Fsp3) is 0.259. The lowest BCUT2D eigenvalue weighted by Gasteiger charge is -2.39. The van der Waals surface area contributed by atoms with E-state index in [4.69, 9.17) is 4.74 Å². The first-order valence-electron chi connectivity index (χ1n) is 11.1. The first-order chi connectivity index (χ1) is 16.4. The SMILES string of the molecule is COc1cc(C=CCN2CCN(C(c3ccc(F)cc3)c3ccc(F)cc3)CC2)cc(Br)c1O. The van der Waals surface area contributed by atoms with Gasteiger partial charge in [0.1, 0.15) is 11.6 Å². The summed E-state index contributed by atoms with van der Waals surface area (Å²) in [5.74, 6) is -0.0177. The molecule has 0 saturated carbocycles. The van der Waals surface area contributed by atoms with Crippen molar-refractivity contribution >= 4 is 22.0 Å². The van der Waals surface area contributed by atoms with Gasteiger partial charge in [-0.3, -0.25) is 9.80 Å². The molecule has 1 aliphatic heterocycles. The number of rotatable bonds is 7. The van der Waals surface area contributed by atoms with Gasteiger partial charge >= 0.3 is 0 Å². The van der Waals surface area contributed by atoms with Crippen LogP contribution < -0.4 is 4.74 Å². The number of benzene rings is 3. The monoisotopic (exact) mass is 528 g/mol. The Kier molecular flexibility index (Phi) is 7.98. The van der Waals surface area contributed by atoms with Crippen molar-refractivity contribution in [3.63, 3.8) is 0 Å². The van der Waals surface area contributed by atoms with Gasteiger partial charge in [0, 0.05) is 32.7 Å². The predicted molar refractivity (Wildman–Crippen MR) is 134 cm³/mol. The highest BCUT2D eigenvalue weighted by atomic mass is 79.9. The minimum absolute atomic E-state index is 0.0549. The van der Waals surface area contributed by atoms with Crippen LogP contribution in [0.3, 0.4) is 0 Å². The molecule has 0 amide bonds. The molecule has 1 saturated heterocycles. The van der Waals surface area contributed by atoms with E-state index >= 15 is 0 Å². The second kappa shape index (κ2) is 11.1. The zero-order chi connectivity index (χ0) is 24.1. The molecule has 0 bridgehead atoms. The number of methoxy groups -OCH3 is 1. The van der Waals surface area contributed by atoms with Crippen molar-refractivity contribution in [2.24, 2.45) is 0 Å². The highest BCUT2D eigenvalue weighted by Crippen LogP contribution is 2.35. The Hall–Kier alpha value is -2.74. The minimum Gasteiger partial charge on any atom is -0.503 e. The number of aromatic hydroxyl groups is 1. The second-order valence-corrected chi connectivity index (χ2v) is 9.15. The summed E-state index contributed by atoms with van der Waals surface area (Å²) in [4.78, 5) is 4.73. The van der Waals surface area contributed by atoms with E-state index in [0.29, 0.717) is 10.2 Å². The number of phenols is 1. The van der Waals surface area contributed by atoms with Crippen molar-refractivity contribution < 1.29 is 18.6 Å². The highest BCUT2D eigenvalue weighted by Gasteiger charge is 2.26. The maximum absolute atomic E-state index is 13.5. The molecule has 1 heterocycles. The normalized spacial score (nSPS) is 15.3. The molecule has 4 rings (SSSR count). The fourth-order valence-corrected chi connectivity index (χ4v) is 4.75. The molecule has 0 aliphatic carbocycles.